The number of nitrogens with zero attached hydrogens (tertiary/aromatic N) is 2. The minimum absolute atomic E-state index is 0.0753. The smallest absolute Gasteiger partial charge is 0.251 e. The van der Waals surface area contributed by atoms with E-state index < -0.39 is 0 Å². The van der Waals surface area contributed by atoms with Crippen LogP contribution in [0.25, 0.3) is 16.6 Å². The van der Waals surface area contributed by atoms with Crippen molar-refractivity contribution in [3.63, 3.8) is 0 Å². The molecule has 0 spiro atoms. The Labute approximate surface area is 212 Å². The van der Waals surface area contributed by atoms with E-state index in [0.717, 1.165) is 18.8 Å². The molecule has 0 unspecified atom stereocenters. The predicted octanol–water partition coefficient (Wildman–Crippen LogP) is 5.06. The third-order valence-corrected chi connectivity index (χ3v) is 6.65. The number of halogens is 2. The van der Waals surface area contributed by atoms with Crippen LogP contribution in [0, 0.1) is 0 Å². The predicted molar refractivity (Wildman–Crippen MR) is 140 cm³/mol. The topological polar surface area (TPSA) is 63.6 Å². The number of hydrogen-bond acceptors (Lipinski definition) is 4. The summed E-state index contributed by atoms with van der Waals surface area (Å²) in [6.07, 6.45) is 1.71. The first-order chi connectivity index (χ1) is 17.0. The Hall–Kier alpha value is -3.32. The number of para-hydroxylation sites is 1. The molecule has 2 heterocycles. The number of hydrogen-bond donors (Lipinski definition) is 1. The summed E-state index contributed by atoms with van der Waals surface area (Å²) in [5, 5.41) is 4.42. The number of ether oxygens (including phenoxy) is 1. The molecule has 6 nitrogen and oxygen atoms in total. The summed E-state index contributed by atoms with van der Waals surface area (Å²) in [6.45, 7) is 3.14. The Morgan fingerprint density at radius 2 is 1.71 bits per heavy atom. The average molecular weight is 508 g/mol. The van der Waals surface area contributed by atoms with Crippen LogP contribution in [-0.2, 0) is 11.3 Å². The van der Waals surface area contributed by atoms with Crippen molar-refractivity contribution in [2.24, 2.45) is 0 Å². The van der Waals surface area contributed by atoms with Crippen molar-refractivity contribution < 1.29 is 9.53 Å². The molecule has 0 bridgehead atoms. The van der Waals surface area contributed by atoms with Crippen LogP contribution >= 0.6 is 23.2 Å². The van der Waals surface area contributed by atoms with Crippen LogP contribution in [0.1, 0.15) is 15.9 Å². The Bertz CT molecular complexity index is 1440. The lowest BCUT2D eigenvalue weighted by atomic mass is 10.1. The van der Waals surface area contributed by atoms with Gasteiger partial charge in [-0.05, 0) is 54.6 Å². The number of aromatic nitrogens is 1. The monoisotopic (exact) mass is 507 g/mol. The largest absolute Gasteiger partial charge is 0.378 e. The highest BCUT2D eigenvalue weighted by Crippen LogP contribution is 2.26. The summed E-state index contributed by atoms with van der Waals surface area (Å²) in [5.74, 6) is -0.251. The molecule has 1 N–H and O–H groups in total. The quantitative estimate of drug-likeness (QED) is 0.409. The molecular formula is C27H23Cl2N3O3. The molecule has 0 radical (unpaired) electrons. The molecule has 4 aromatic rings. The normalized spacial score (nSPS) is 13.7. The van der Waals surface area contributed by atoms with E-state index in [1.54, 1.807) is 42.6 Å². The maximum absolute atomic E-state index is 13.2. The molecule has 0 saturated carbocycles. The van der Waals surface area contributed by atoms with E-state index >= 15 is 0 Å². The summed E-state index contributed by atoms with van der Waals surface area (Å²) < 4.78 is 7.23. The van der Waals surface area contributed by atoms with E-state index in [4.69, 9.17) is 27.9 Å². The van der Waals surface area contributed by atoms with Gasteiger partial charge in [0.15, 0.2) is 5.43 Å². The molecule has 3 aromatic carbocycles. The van der Waals surface area contributed by atoms with Gasteiger partial charge >= 0.3 is 0 Å². The van der Waals surface area contributed by atoms with E-state index in [-0.39, 0.29) is 17.9 Å². The molecule has 1 aliphatic rings. The first-order valence-corrected chi connectivity index (χ1v) is 12.1. The zero-order valence-corrected chi connectivity index (χ0v) is 20.4. The Morgan fingerprint density at radius 3 is 2.46 bits per heavy atom. The number of carbonyl (C=O) groups excluding carboxylic acids is 1. The molecule has 5 rings (SSSR count). The zero-order valence-electron chi connectivity index (χ0n) is 18.8. The number of benzene rings is 3. The molecule has 0 atom stereocenters. The number of pyridine rings is 1. The number of morpholine rings is 1. The van der Waals surface area contributed by atoms with Gasteiger partial charge in [-0.1, -0.05) is 35.3 Å². The Kier molecular flexibility index (Phi) is 6.77. The van der Waals surface area contributed by atoms with Gasteiger partial charge in [-0.15, -0.1) is 0 Å². The number of carbonyl (C=O) groups is 1. The fourth-order valence-electron chi connectivity index (χ4n) is 4.25. The van der Waals surface area contributed by atoms with Crippen molar-refractivity contribution in [3.05, 3.63) is 104 Å². The van der Waals surface area contributed by atoms with Crippen LogP contribution < -0.4 is 15.6 Å². The maximum Gasteiger partial charge on any atom is 0.251 e. The van der Waals surface area contributed by atoms with Crippen molar-refractivity contribution >= 4 is 45.7 Å². The Morgan fingerprint density at radius 1 is 0.971 bits per heavy atom. The van der Waals surface area contributed by atoms with Gasteiger partial charge in [-0.2, -0.15) is 0 Å². The summed E-state index contributed by atoms with van der Waals surface area (Å²) in [6, 6.07) is 19.9. The highest BCUT2D eigenvalue weighted by molar-refractivity contribution is 6.32. The van der Waals surface area contributed by atoms with Crippen molar-refractivity contribution in [2.45, 2.75) is 6.54 Å². The molecular weight excluding hydrogens is 485 g/mol. The second-order valence-corrected chi connectivity index (χ2v) is 9.14. The fraction of sp³-hybridized carbons (Fsp3) is 0.185. The van der Waals surface area contributed by atoms with Crippen molar-refractivity contribution in [1.82, 2.24) is 9.88 Å². The van der Waals surface area contributed by atoms with Gasteiger partial charge in [-0.3, -0.25) is 9.59 Å². The van der Waals surface area contributed by atoms with E-state index in [0.29, 0.717) is 51.0 Å². The summed E-state index contributed by atoms with van der Waals surface area (Å²) >= 11 is 12.7. The van der Waals surface area contributed by atoms with E-state index in [1.807, 2.05) is 34.9 Å². The molecule has 1 aliphatic heterocycles. The van der Waals surface area contributed by atoms with Gasteiger partial charge in [-0.25, -0.2) is 0 Å². The van der Waals surface area contributed by atoms with E-state index in [9.17, 15) is 9.59 Å². The summed E-state index contributed by atoms with van der Waals surface area (Å²) in [5.41, 5.74) is 3.22. The van der Waals surface area contributed by atoms with Gasteiger partial charge in [0.1, 0.15) is 0 Å². The van der Waals surface area contributed by atoms with Crippen molar-refractivity contribution in [2.75, 3.05) is 31.2 Å². The Balaban J connectivity index is 1.42. The second kappa shape index (κ2) is 10.1. The molecule has 0 aliphatic carbocycles. The number of amides is 1. The van der Waals surface area contributed by atoms with Crippen LogP contribution in [0.3, 0.4) is 0 Å². The van der Waals surface area contributed by atoms with Gasteiger partial charge < -0.3 is 19.5 Å². The van der Waals surface area contributed by atoms with Crippen LogP contribution in [0.5, 0.6) is 0 Å². The standard InChI is InChI=1S/C27H23Cl2N3O3/c28-20-7-10-22-25(15-20)32(24-4-2-1-3-23(24)29)17-19(26(22)33)16-30-27(34)18-5-8-21(9-6-18)31-11-13-35-14-12-31/h1-10,15,17H,11-14,16H2,(H,30,34). The highest BCUT2D eigenvalue weighted by Gasteiger charge is 2.15. The van der Waals surface area contributed by atoms with Crippen molar-refractivity contribution in [1.29, 1.82) is 0 Å². The number of nitrogens with one attached hydrogen (secondary N) is 1. The highest BCUT2D eigenvalue weighted by atomic mass is 35.5. The molecule has 1 amide bonds. The van der Waals surface area contributed by atoms with Gasteiger partial charge in [0.05, 0.1) is 29.4 Å². The summed E-state index contributed by atoms with van der Waals surface area (Å²) in [4.78, 5) is 28.3. The number of rotatable bonds is 5. The van der Waals surface area contributed by atoms with Gasteiger partial charge in [0.2, 0.25) is 0 Å². The molecule has 8 heteroatoms. The van der Waals surface area contributed by atoms with Gasteiger partial charge in [0, 0.05) is 53.1 Å². The number of anilines is 1. The molecule has 178 valence electrons. The van der Waals surface area contributed by atoms with Crippen LogP contribution in [-0.4, -0.2) is 36.8 Å². The lowest BCUT2D eigenvalue weighted by Gasteiger charge is -2.28. The first kappa shape index (κ1) is 23.4. The third-order valence-electron chi connectivity index (χ3n) is 6.10. The second-order valence-electron chi connectivity index (χ2n) is 8.30. The number of fused-ring (bicyclic) bond motifs is 1. The minimum Gasteiger partial charge on any atom is -0.378 e. The SMILES string of the molecule is O=C(NCc1cn(-c2ccccc2Cl)c2cc(Cl)ccc2c1=O)c1ccc(N2CCOCC2)cc1. The van der Waals surface area contributed by atoms with E-state index in [2.05, 4.69) is 10.2 Å². The zero-order chi connectivity index (χ0) is 24.4. The lowest BCUT2D eigenvalue weighted by molar-refractivity contribution is 0.0950. The lowest BCUT2D eigenvalue weighted by Crippen LogP contribution is -2.36. The third kappa shape index (κ3) is 4.91. The fourth-order valence-corrected chi connectivity index (χ4v) is 4.64. The first-order valence-electron chi connectivity index (χ1n) is 11.3. The van der Waals surface area contributed by atoms with Crippen LogP contribution in [0.15, 0.2) is 77.7 Å². The van der Waals surface area contributed by atoms with Crippen molar-refractivity contribution in [3.8, 4) is 5.69 Å². The van der Waals surface area contributed by atoms with Crippen LogP contribution in [0.4, 0.5) is 5.69 Å². The molecule has 1 aromatic heterocycles. The van der Waals surface area contributed by atoms with E-state index in [1.165, 1.54) is 0 Å². The average Bonchev–Trinajstić information content (AvgIpc) is 2.89. The minimum atomic E-state index is -0.251. The molecule has 1 saturated heterocycles. The molecule has 35 heavy (non-hydrogen) atoms. The maximum atomic E-state index is 13.2. The van der Waals surface area contributed by atoms with Gasteiger partial charge in [0.25, 0.3) is 5.91 Å². The summed E-state index contributed by atoms with van der Waals surface area (Å²) in [7, 11) is 0. The molecule has 1 fully saturated rings. The van der Waals surface area contributed by atoms with Crippen LogP contribution in [0.2, 0.25) is 10.0 Å².